The molecule has 0 aromatic rings. The van der Waals surface area contributed by atoms with Crippen LogP contribution in [0.5, 0.6) is 0 Å². The van der Waals surface area contributed by atoms with Gasteiger partial charge in [-0.1, -0.05) is 6.92 Å². The van der Waals surface area contributed by atoms with Crippen LogP contribution in [0, 0.1) is 5.92 Å². The summed E-state index contributed by atoms with van der Waals surface area (Å²) in [4.78, 5) is 13.7. The van der Waals surface area contributed by atoms with Crippen LogP contribution in [0.1, 0.15) is 39.0 Å². The molecule has 16 heavy (non-hydrogen) atoms. The molecule has 1 aliphatic carbocycles. The van der Waals surface area contributed by atoms with Gasteiger partial charge in [0.1, 0.15) is 0 Å². The minimum absolute atomic E-state index is 0.0700. The number of hydrogen-bond acceptors (Lipinski definition) is 3. The van der Waals surface area contributed by atoms with Crippen LogP contribution in [0.25, 0.3) is 0 Å². The van der Waals surface area contributed by atoms with E-state index >= 15 is 0 Å². The fourth-order valence-corrected chi connectivity index (χ4v) is 1.95. The quantitative estimate of drug-likeness (QED) is 0.644. The highest BCUT2D eigenvalue weighted by Crippen LogP contribution is 2.27. The van der Waals surface area contributed by atoms with Crippen LogP contribution in [0.15, 0.2) is 0 Å². The van der Waals surface area contributed by atoms with Crippen molar-refractivity contribution in [1.82, 2.24) is 4.90 Å². The van der Waals surface area contributed by atoms with Gasteiger partial charge in [0.2, 0.25) is 5.91 Å². The molecule has 0 spiro atoms. The van der Waals surface area contributed by atoms with Gasteiger partial charge in [-0.3, -0.25) is 4.79 Å². The van der Waals surface area contributed by atoms with Gasteiger partial charge in [-0.25, -0.2) is 0 Å². The minimum Gasteiger partial charge on any atom is -0.395 e. The van der Waals surface area contributed by atoms with Crippen LogP contribution in [-0.4, -0.2) is 41.7 Å². The molecule has 0 aromatic carbocycles. The van der Waals surface area contributed by atoms with Crippen molar-refractivity contribution in [2.24, 2.45) is 11.7 Å². The second-order valence-electron chi connectivity index (χ2n) is 4.76. The Morgan fingerprint density at radius 1 is 1.50 bits per heavy atom. The van der Waals surface area contributed by atoms with Crippen LogP contribution in [0.4, 0.5) is 0 Å². The van der Waals surface area contributed by atoms with Crippen molar-refractivity contribution < 1.29 is 9.90 Å². The Kier molecular flexibility index (Phi) is 5.77. The Hall–Kier alpha value is -0.610. The molecule has 1 saturated carbocycles. The number of carbonyl (C=O) groups is 1. The predicted molar refractivity (Wildman–Crippen MR) is 63.9 cm³/mol. The molecule has 0 bridgehead atoms. The van der Waals surface area contributed by atoms with E-state index in [-0.39, 0.29) is 12.5 Å². The van der Waals surface area contributed by atoms with Crippen molar-refractivity contribution in [2.45, 2.75) is 45.1 Å². The number of carbonyl (C=O) groups excluding carboxylic acids is 1. The highest BCUT2D eigenvalue weighted by molar-refractivity contribution is 5.76. The maximum atomic E-state index is 11.9. The summed E-state index contributed by atoms with van der Waals surface area (Å²) in [7, 11) is 0. The number of amides is 1. The number of rotatable bonds is 8. The fraction of sp³-hybridized carbons (Fsp3) is 0.917. The molecule has 94 valence electrons. The first-order valence-electron chi connectivity index (χ1n) is 6.29. The van der Waals surface area contributed by atoms with E-state index in [0.717, 1.165) is 25.7 Å². The molecule has 0 radical (unpaired) electrons. The van der Waals surface area contributed by atoms with Crippen LogP contribution < -0.4 is 5.73 Å². The number of nitrogens with zero attached hydrogens (tertiary/aromatic N) is 1. The fourth-order valence-electron chi connectivity index (χ4n) is 1.95. The summed E-state index contributed by atoms with van der Waals surface area (Å²) in [6.07, 6.45) is 4.69. The highest BCUT2D eigenvalue weighted by atomic mass is 16.3. The lowest BCUT2D eigenvalue weighted by molar-refractivity contribution is -0.132. The van der Waals surface area contributed by atoms with Crippen molar-refractivity contribution in [3.8, 4) is 0 Å². The van der Waals surface area contributed by atoms with Crippen LogP contribution >= 0.6 is 0 Å². The number of nitrogens with two attached hydrogens (primary N) is 1. The van der Waals surface area contributed by atoms with E-state index in [9.17, 15) is 4.79 Å². The highest BCUT2D eigenvalue weighted by Gasteiger charge is 2.31. The molecule has 1 unspecified atom stereocenters. The van der Waals surface area contributed by atoms with Crippen LogP contribution in [0.2, 0.25) is 0 Å². The van der Waals surface area contributed by atoms with Crippen molar-refractivity contribution in [2.75, 3.05) is 19.7 Å². The van der Waals surface area contributed by atoms with Crippen LogP contribution in [0.3, 0.4) is 0 Å². The predicted octanol–water partition coefficient (Wildman–Crippen LogP) is 0.735. The second kappa shape index (κ2) is 6.86. The monoisotopic (exact) mass is 228 g/mol. The van der Waals surface area contributed by atoms with E-state index < -0.39 is 0 Å². The molecule has 4 nitrogen and oxygen atoms in total. The molecular formula is C12H24N2O2. The van der Waals surface area contributed by atoms with Gasteiger partial charge in [0.05, 0.1) is 6.61 Å². The average molecular weight is 228 g/mol. The van der Waals surface area contributed by atoms with E-state index in [1.165, 1.54) is 0 Å². The molecule has 1 atom stereocenters. The summed E-state index contributed by atoms with van der Waals surface area (Å²) in [5, 5.41) is 8.91. The first kappa shape index (κ1) is 13.5. The van der Waals surface area contributed by atoms with Gasteiger partial charge >= 0.3 is 0 Å². The zero-order valence-corrected chi connectivity index (χ0v) is 10.2. The largest absolute Gasteiger partial charge is 0.395 e. The smallest absolute Gasteiger partial charge is 0.222 e. The van der Waals surface area contributed by atoms with Gasteiger partial charge in [0, 0.05) is 19.0 Å². The summed E-state index contributed by atoms with van der Waals surface area (Å²) < 4.78 is 0. The van der Waals surface area contributed by atoms with E-state index in [4.69, 9.17) is 10.8 Å². The Morgan fingerprint density at radius 3 is 2.69 bits per heavy atom. The van der Waals surface area contributed by atoms with Gasteiger partial charge in [-0.2, -0.15) is 0 Å². The van der Waals surface area contributed by atoms with Crippen LogP contribution in [-0.2, 0) is 4.79 Å². The normalized spacial score (nSPS) is 17.2. The van der Waals surface area contributed by atoms with Gasteiger partial charge < -0.3 is 15.7 Å². The summed E-state index contributed by atoms with van der Waals surface area (Å²) in [6.45, 7) is 3.39. The molecular weight excluding hydrogens is 204 g/mol. The lowest BCUT2D eigenvalue weighted by atomic mass is 10.0. The molecule has 0 saturated heterocycles. The maximum absolute atomic E-state index is 11.9. The van der Waals surface area contributed by atoms with Crippen molar-refractivity contribution >= 4 is 5.91 Å². The zero-order valence-electron chi connectivity index (χ0n) is 10.2. The Balaban J connectivity index is 2.25. The molecule has 1 rings (SSSR count). The van der Waals surface area contributed by atoms with Crippen molar-refractivity contribution in [3.63, 3.8) is 0 Å². The molecule has 0 aromatic heterocycles. The summed E-state index contributed by atoms with van der Waals surface area (Å²) in [5.41, 5.74) is 5.47. The van der Waals surface area contributed by atoms with Gasteiger partial charge in [-0.15, -0.1) is 0 Å². The minimum atomic E-state index is 0.0700. The van der Waals surface area contributed by atoms with E-state index in [1.54, 1.807) is 0 Å². The first-order chi connectivity index (χ1) is 7.69. The van der Waals surface area contributed by atoms with Gasteiger partial charge in [0.15, 0.2) is 0 Å². The number of aliphatic hydroxyl groups is 1. The van der Waals surface area contributed by atoms with Gasteiger partial charge in [-0.05, 0) is 38.1 Å². The molecule has 1 amide bonds. The summed E-state index contributed by atoms with van der Waals surface area (Å²) in [5.74, 6) is 0.713. The van der Waals surface area contributed by atoms with E-state index in [2.05, 4.69) is 6.92 Å². The lowest BCUT2D eigenvalue weighted by Crippen LogP contribution is -2.35. The lowest BCUT2D eigenvalue weighted by Gasteiger charge is -2.22. The third kappa shape index (κ3) is 4.49. The molecule has 1 fully saturated rings. The number of aliphatic hydroxyl groups excluding tert-OH is 1. The topological polar surface area (TPSA) is 66.6 Å². The molecule has 0 heterocycles. The SMILES string of the molecule is CC(CCN)CCC(=O)N(CCO)C1CC1. The number of hydrogen-bond donors (Lipinski definition) is 2. The third-order valence-corrected chi connectivity index (χ3v) is 3.16. The second-order valence-corrected chi connectivity index (χ2v) is 4.76. The van der Waals surface area contributed by atoms with Gasteiger partial charge in [0.25, 0.3) is 0 Å². The Morgan fingerprint density at radius 2 is 2.19 bits per heavy atom. The summed E-state index contributed by atoms with van der Waals surface area (Å²) >= 11 is 0. The van der Waals surface area contributed by atoms with Crippen molar-refractivity contribution in [1.29, 1.82) is 0 Å². The van der Waals surface area contributed by atoms with E-state index in [1.807, 2.05) is 4.90 Å². The zero-order chi connectivity index (χ0) is 12.0. The Bertz CT molecular complexity index is 217. The first-order valence-corrected chi connectivity index (χ1v) is 6.29. The molecule has 4 heteroatoms. The molecule has 0 aliphatic heterocycles. The third-order valence-electron chi connectivity index (χ3n) is 3.16. The van der Waals surface area contributed by atoms with E-state index in [0.29, 0.717) is 31.5 Å². The molecule has 3 N–H and O–H groups in total. The standard InChI is InChI=1S/C12H24N2O2/c1-10(6-7-13)2-5-12(16)14(8-9-15)11-3-4-11/h10-11,15H,2-9,13H2,1H3. The maximum Gasteiger partial charge on any atom is 0.222 e. The molecule has 1 aliphatic rings. The average Bonchev–Trinajstić information content (AvgIpc) is 3.07. The summed E-state index contributed by atoms with van der Waals surface area (Å²) in [6, 6.07) is 0.407. The van der Waals surface area contributed by atoms with Crippen molar-refractivity contribution in [3.05, 3.63) is 0 Å². The Labute approximate surface area is 97.8 Å².